The Morgan fingerprint density at radius 3 is 2.24 bits per heavy atom. The number of thiophene rings is 1. The highest BCUT2D eigenvalue weighted by Crippen LogP contribution is 2.34. The zero-order valence-electron chi connectivity index (χ0n) is 18.8. The number of benzene rings is 2. The number of rotatable bonds is 9. The Kier molecular flexibility index (Phi) is 8.50. The first-order valence-corrected chi connectivity index (χ1v) is 11.5. The van der Waals surface area contributed by atoms with Crippen LogP contribution >= 0.6 is 22.9 Å². The average Bonchev–Trinajstić information content (AvgIpc) is 3.15. The lowest BCUT2D eigenvalue weighted by Crippen LogP contribution is -2.21. The predicted octanol–water partition coefficient (Wildman–Crippen LogP) is 5.17. The first kappa shape index (κ1) is 25.1. The molecular formula is C24H23ClN2O6S. The van der Waals surface area contributed by atoms with Crippen molar-refractivity contribution in [3.63, 3.8) is 0 Å². The first-order valence-electron chi connectivity index (χ1n) is 10.3. The number of carbonyl (C=O) groups is 3. The van der Waals surface area contributed by atoms with Crippen molar-refractivity contribution in [1.29, 1.82) is 0 Å². The number of ether oxygens (including phenoxy) is 3. The molecule has 178 valence electrons. The molecule has 0 saturated heterocycles. The van der Waals surface area contributed by atoms with Crippen molar-refractivity contribution in [2.24, 2.45) is 0 Å². The van der Waals surface area contributed by atoms with E-state index in [2.05, 4.69) is 10.6 Å². The molecule has 2 N–H and O–H groups in total. The third-order valence-corrected chi connectivity index (χ3v) is 6.07. The van der Waals surface area contributed by atoms with Gasteiger partial charge in [-0.15, -0.1) is 11.3 Å². The van der Waals surface area contributed by atoms with Gasteiger partial charge in [-0.3, -0.25) is 9.59 Å². The molecule has 10 heteroatoms. The van der Waals surface area contributed by atoms with Crippen LogP contribution in [0.1, 0.15) is 32.5 Å². The first-order chi connectivity index (χ1) is 16.3. The molecule has 0 saturated carbocycles. The molecule has 0 spiro atoms. The summed E-state index contributed by atoms with van der Waals surface area (Å²) < 4.78 is 15.7. The molecule has 3 rings (SSSR count). The van der Waals surface area contributed by atoms with Gasteiger partial charge in [0.1, 0.15) is 16.5 Å². The maximum atomic E-state index is 12.9. The molecule has 1 heterocycles. The van der Waals surface area contributed by atoms with E-state index in [1.165, 1.54) is 0 Å². The number of hydrogen-bond acceptors (Lipinski definition) is 7. The number of carbonyl (C=O) groups excluding carboxylic acids is 3. The minimum atomic E-state index is -0.631. The predicted molar refractivity (Wildman–Crippen MR) is 132 cm³/mol. The normalized spacial score (nSPS) is 10.4. The number of amides is 2. The molecule has 8 nitrogen and oxygen atoms in total. The van der Waals surface area contributed by atoms with Crippen molar-refractivity contribution >= 4 is 51.4 Å². The Bertz CT molecular complexity index is 1180. The molecule has 0 atom stereocenters. The highest BCUT2D eigenvalue weighted by atomic mass is 35.5. The third-order valence-electron chi connectivity index (χ3n) is 4.62. The van der Waals surface area contributed by atoms with Gasteiger partial charge < -0.3 is 24.8 Å². The second-order valence-corrected chi connectivity index (χ2v) is 8.41. The standard InChI is InChI=1S/C24H23ClN2O6S/c1-4-32-24(30)20-14(2)21(22(29)26-16-7-11-17(31-3)12-8-16)34-23(20)27-19(28)13-33-18-9-5-15(25)6-10-18/h5-12H,4,13H2,1-3H3,(H,26,29)(H,27,28). The summed E-state index contributed by atoms with van der Waals surface area (Å²) in [4.78, 5) is 38.3. The third kappa shape index (κ3) is 6.27. The van der Waals surface area contributed by atoms with Gasteiger partial charge in [-0.1, -0.05) is 11.6 Å². The smallest absolute Gasteiger partial charge is 0.341 e. The molecule has 1 aromatic heterocycles. The van der Waals surface area contributed by atoms with E-state index in [1.54, 1.807) is 69.5 Å². The minimum absolute atomic E-state index is 0.131. The summed E-state index contributed by atoms with van der Waals surface area (Å²) in [5.74, 6) is -0.429. The van der Waals surface area contributed by atoms with Crippen molar-refractivity contribution in [2.45, 2.75) is 13.8 Å². The average molecular weight is 503 g/mol. The second kappa shape index (κ2) is 11.5. The van der Waals surface area contributed by atoms with E-state index >= 15 is 0 Å². The molecule has 0 aliphatic carbocycles. The summed E-state index contributed by atoms with van der Waals surface area (Å²) in [6.07, 6.45) is 0. The maximum absolute atomic E-state index is 12.9. The van der Waals surface area contributed by atoms with Crippen molar-refractivity contribution in [3.05, 3.63) is 69.6 Å². The van der Waals surface area contributed by atoms with Crippen LogP contribution in [0.5, 0.6) is 11.5 Å². The molecule has 2 aromatic carbocycles. The van der Waals surface area contributed by atoms with E-state index in [1.807, 2.05) is 0 Å². The molecule has 0 fully saturated rings. The molecule has 0 unspecified atom stereocenters. The fourth-order valence-corrected chi connectivity index (χ4v) is 4.20. The van der Waals surface area contributed by atoms with Crippen LogP contribution in [0.3, 0.4) is 0 Å². The summed E-state index contributed by atoms with van der Waals surface area (Å²) in [5, 5.41) is 6.20. The van der Waals surface area contributed by atoms with Gasteiger partial charge in [-0.25, -0.2) is 4.79 Å². The highest BCUT2D eigenvalue weighted by molar-refractivity contribution is 7.19. The van der Waals surface area contributed by atoms with Gasteiger partial charge >= 0.3 is 5.97 Å². The number of nitrogens with one attached hydrogen (secondary N) is 2. The Morgan fingerprint density at radius 1 is 0.971 bits per heavy atom. The molecule has 34 heavy (non-hydrogen) atoms. The van der Waals surface area contributed by atoms with Gasteiger partial charge in [0.2, 0.25) is 0 Å². The fraction of sp³-hybridized carbons (Fsp3) is 0.208. The molecule has 0 aliphatic rings. The van der Waals surface area contributed by atoms with Crippen molar-refractivity contribution in [3.8, 4) is 11.5 Å². The summed E-state index contributed by atoms with van der Waals surface area (Å²) >= 11 is 6.83. The van der Waals surface area contributed by atoms with E-state index < -0.39 is 17.8 Å². The number of methoxy groups -OCH3 is 1. The summed E-state index contributed by atoms with van der Waals surface area (Å²) in [6, 6.07) is 13.4. The Labute approximate surface area is 205 Å². The molecule has 3 aromatic rings. The number of hydrogen-bond donors (Lipinski definition) is 2. The van der Waals surface area contributed by atoms with Gasteiger partial charge in [-0.2, -0.15) is 0 Å². The van der Waals surface area contributed by atoms with Crippen LogP contribution in [0.4, 0.5) is 10.7 Å². The Balaban J connectivity index is 1.78. The van der Waals surface area contributed by atoms with E-state index in [0.29, 0.717) is 27.8 Å². The van der Waals surface area contributed by atoms with Crippen LogP contribution in [0.2, 0.25) is 5.02 Å². The second-order valence-electron chi connectivity index (χ2n) is 6.95. The van der Waals surface area contributed by atoms with Gasteiger partial charge in [0.15, 0.2) is 6.61 Å². The Hall–Kier alpha value is -3.56. The molecule has 0 aliphatic heterocycles. The van der Waals surface area contributed by atoms with Gasteiger partial charge in [0.05, 0.1) is 24.2 Å². The monoisotopic (exact) mass is 502 g/mol. The maximum Gasteiger partial charge on any atom is 0.341 e. The minimum Gasteiger partial charge on any atom is -0.497 e. The lowest BCUT2D eigenvalue weighted by molar-refractivity contribution is -0.118. The zero-order chi connectivity index (χ0) is 24.7. The quantitative estimate of drug-likeness (QED) is 0.391. The van der Waals surface area contributed by atoms with Gasteiger partial charge in [-0.05, 0) is 67.9 Å². The number of anilines is 2. The van der Waals surface area contributed by atoms with Crippen LogP contribution in [0.15, 0.2) is 48.5 Å². The van der Waals surface area contributed by atoms with Crippen LogP contribution in [-0.2, 0) is 9.53 Å². The summed E-state index contributed by atoms with van der Waals surface area (Å²) in [5.41, 5.74) is 1.09. The van der Waals surface area contributed by atoms with Crippen molar-refractivity contribution < 1.29 is 28.6 Å². The van der Waals surface area contributed by atoms with E-state index in [9.17, 15) is 14.4 Å². The lowest BCUT2D eigenvalue weighted by atomic mass is 10.1. The van der Waals surface area contributed by atoms with Gasteiger partial charge in [0, 0.05) is 10.7 Å². The SMILES string of the molecule is CCOC(=O)c1c(NC(=O)COc2ccc(Cl)cc2)sc(C(=O)Nc2ccc(OC)cc2)c1C. The van der Waals surface area contributed by atoms with Crippen LogP contribution in [0, 0.1) is 6.92 Å². The Morgan fingerprint density at radius 2 is 1.62 bits per heavy atom. The van der Waals surface area contributed by atoms with Crippen molar-refractivity contribution in [2.75, 3.05) is 31.0 Å². The van der Waals surface area contributed by atoms with E-state index in [0.717, 1.165) is 11.3 Å². The zero-order valence-corrected chi connectivity index (χ0v) is 20.3. The van der Waals surface area contributed by atoms with Crippen LogP contribution < -0.4 is 20.1 Å². The molecule has 2 amide bonds. The summed E-state index contributed by atoms with van der Waals surface area (Å²) in [6.45, 7) is 3.16. The largest absolute Gasteiger partial charge is 0.497 e. The molecular weight excluding hydrogens is 480 g/mol. The number of esters is 1. The lowest BCUT2D eigenvalue weighted by Gasteiger charge is -2.08. The van der Waals surface area contributed by atoms with Gasteiger partial charge in [0.25, 0.3) is 11.8 Å². The van der Waals surface area contributed by atoms with E-state index in [4.69, 9.17) is 25.8 Å². The fourth-order valence-electron chi connectivity index (χ4n) is 2.97. The summed E-state index contributed by atoms with van der Waals surface area (Å²) in [7, 11) is 1.55. The van der Waals surface area contributed by atoms with Crippen LogP contribution in [-0.4, -0.2) is 38.1 Å². The molecule has 0 radical (unpaired) electrons. The number of halogens is 1. The molecule has 0 bridgehead atoms. The van der Waals surface area contributed by atoms with Crippen molar-refractivity contribution in [1.82, 2.24) is 0 Å². The topological polar surface area (TPSA) is 103 Å². The highest BCUT2D eigenvalue weighted by Gasteiger charge is 2.27. The van der Waals surface area contributed by atoms with E-state index in [-0.39, 0.29) is 28.7 Å². The van der Waals surface area contributed by atoms with Crippen LogP contribution in [0.25, 0.3) is 0 Å².